The summed E-state index contributed by atoms with van der Waals surface area (Å²) in [4.78, 5) is 14.4. The molecule has 26 heavy (non-hydrogen) atoms. The number of nitrogens with zero attached hydrogens (tertiary/aromatic N) is 3. The zero-order valence-corrected chi connectivity index (χ0v) is 16.0. The molecule has 2 aromatic rings. The molecule has 3 aliphatic rings. The highest BCUT2D eigenvalue weighted by molar-refractivity contribution is 7.19. The fraction of sp³-hybridized carbons (Fsp3) is 0.684. The molecule has 0 radical (unpaired) electrons. The average molecular weight is 374 g/mol. The monoisotopic (exact) mass is 373 g/mol. The van der Waals surface area contributed by atoms with Crippen LogP contribution in [0.15, 0.2) is 6.33 Å². The first-order valence-corrected chi connectivity index (χ1v) is 10.7. The van der Waals surface area contributed by atoms with Gasteiger partial charge in [-0.3, -0.25) is 4.90 Å². The van der Waals surface area contributed by atoms with Gasteiger partial charge in [0.25, 0.3) is 0 Å². The fourth-order valence-electron chi connectivity index (χ4n) is 4.67. The number of hydrogen-bond donors (Lipinski definition) is 2. The van der Waals surface area contributed by atoms with Crippen molar-refractivity contribution in [2.24, 2.45) is 0 Å². The van der Waals surface area contributed by atoms with E-state index in [1.54, 1.807) is 6.33 Å². The molecule has 0 amide bonds. The second-order valence-electron chi connectivity index (χ2n) is 7.63. The third kappa shape index (κ3) is 3.22. The number of thiophene rings is 1. The number of morpholine rings is 1. The van der Waals surface area contributed by atoms with Crippen LogP contribution in [0.2, 0.25) is 0 Å². The molecule has 1 saturated carbocycles. The summed E-state index contributed by atoms with van der Waals surface area (Å²) in [7, 11) is 0. The minimum Gasteiger partial charge on any atom is -0.379 e. The van der Waals surface area contributed by atoms with Crippen LogP contribution in [0.5, 0.6) is 0 Å². The summed E-state index contributed by atoms with van der Waals surface area (Å²) < 4.78 is 5.50. The van der Waals surface area contributed by atoms with Gasteiger partial charge in [-0.2, -0.15) is 0 Å². The van der Waals surface area contributed by atoms with Crippen LogP contribution in [0.4, 0.5) is 5.82 Å². The largest absolute Gasteiger partial charge is 0.379 e. The molecule has 0 unspecified atom stereocenters. The van der Waals surface area contributed by atoms with Gasteiger partial charge in [-0.05, 0) is 37.7 Å². The predicted molar refractivity (Wildman–Crippen MR) is 105 cm³/mol. The molecule has 5 rings (SSSR count). The molecule has 1 saturated heterocycles. The standard InChI is InChI=1S/C19H27N5OS/c1-3-14(24-7-9-25-10-8-24)4-2-13(1)23-18-17-15-11-20-6-5-16(15)26-19(17)22-12-21-18/h12-14,20H,1-11H2,(H,21,22,23). The van der Waals surface area contributed by atoms with E-state index in [4.69, 9.17) is 4.74 Å². The van der Waals surface area contributed by atoms with Crippen molar-refractivity contribution < 1.29 is 4.74 Å². The van der Waals surface area contributed by atoms with Crippen molar-refractivity contribution in [3.05, 3.63) is 16.8 Å². The first-order chi connectivity index (χ1) is 12.9. The summed E-state index contributed by atoms with van der Waals surface area (Å²) >= 11 is 1.85. The Balaban J connectivity index is 1.29. The SMILES string of the molecule is c1nc(NC2CCC(N3CCOCC3)CC2)c2c3c(sc2n1)CCNC3. The number of rotatable bonds is 3. The van der Waals surface area contributed by atoms with E-state index in [9.17, 15) is 0 Å². The van der Waals surface area contributed by atoms with Gasteiger partial charge in [0.2, 0.25) is 0 Å². The van der Waals surface area contributed by atoms with Crippen LogP contribution >= 0.6 is 11.3 Å². The summed E-state index contributed by atoms with van der Waals surface area (Å²) in [6, 6.07) is 1.26. The number of fused-ring (bicyclic) bond motifs is 3. The van der Waals surface area contributed by atoms with Crippen molar-refractivity contribution in [2.75, 3.05) is 38.2 Å². The summed E-state index contributed by atoms with van der Waals surface area (Å²) in [5.41, 5.74) is 1.42. The van der Waals surface area contributed by atoms with Crippen LogP contribution in [-0.2, 0) is 17.7 Å². The summed E-state index contributed by atoms with van der Waals surface area (Å²) in [6.07, 6.45) is 7.82. The minimum atomic E-state index is 0.525. The average Bonchev–Trinajstić information content (AvgIpc) is 3.09. The van der Waals surface area contributed by atoms with Gasteiger partial charge in [0.1, 0.15) is 17.0 Å². The van der Waals surface area contributed by atoms with E-state index < -0.39 is 0 Å². The van der Waals surface area contributed by atoms with Crippen LogP contribution in [0, 0.1) is 0 Å². The number of anilines is 1. The maximum atomic E-state index is 5.50. The maximum absolute atomic E-state index is 5.50. The Morgan fingerprint density at radius 3 is 2.85 bits per heavy atom. The molecule has 0 aromatic carbocycles. The predicted octanol–water partition coefficient (Wildman–Crippen LogP) is 2.39. The van der Waals surface area contributed by atoms with E-state index in [1.807, 2.05) is 11.3 Å². The molecule has 0 bridgehead atoms. The maximum Gasteiger partial charge on any atom is 0.138 e. The molecule has 1 aliphatic carbocycles. The van der Waals surface area contributed by atoms with Crippen molar-refractivity contribution in [3.8, 4) is 0 Å². The molecule has 140 valence electrons. The molecule has 4 heterocycles. The van der Waals surface area contributed by atoms with Crippen molar-refractivity contribution in [1.82, 2.24) is 20.2 Å². The topological polar surface area (TPSA) is 62.3 Å². The van der Waals surface area contributed by atoms with E-state index >= 15 is 0 Å². The van der Waals surface area contributed by atoms with Crippen LogP contribution in [-0.4, -0.2) is 59.8 Å². The quantitative estimate of drug-likeness (QED) is 0.861. The highest BCUT2D eigenvalue weighted by Gasteiger charge is 2.28. The minimum absolute atomic E-state index is 0.525. The summed E-state index contributed by atoms with van der Waals surface area (Å²) in [5, 5.41) is 8.53. The van der Waals surface area contributed by atoms with Crippen LogP contribution in [0.1, 0.15) is 36.1 Å². The molecular formula is C19H27N5OS. The number of hydrogen-bond acceptors (Lipinski definition) is 7. The first-order valence-electron chi connectivity index (χ1n) is 9.93. The lowest BCUT2D eigenvalue weighted by Gasteiger charge is -2.39. The van der Waals surface area contributed by atoms with Gasteiger partial charge in [0.15, 0.2) is 0 Å². The second kappa shape index (κ2) is 7.38. The van der Waals surface area contributed by atoms with Crippen molar-refractivity contribution in [1.29, 1.82) is 0 Å². The van der Waals surface area contributed by atoms with Gasteiger partial charge >= 0.3 is 0 Å². The number of aromatic nitrogens is 2. The van der Waals surface area contributed by atoms with Gasteiger partial charge in [0, 0.05) is 43.1 Å². The van der Waals surface area contributed by atoms with Gasteiger partial charge in [-0.15, -0.1) is 11.3 Å². The van der Waals surface area contributed by atoms with Gasteiger partial charge < -0.3 is 15.4 Å². The smallest absolute Gasteiger partial charge is 0.138 e. The van der Waals surface area contributed by atoms with Crippen LogP contribution in [0.25, 0.3) is 10.2 Å². The van der Waals surface area contributed by atoms with Gasteiger partial charge in [-0.1, -0.05) is 0 Å². The lowest BCUT2D eigenvalue weighted by Crippen LogP contribution is -2.46. The molecule has 7 heteroatoms. The molecule has 0 atom stereocenters. The lowest BCUT2D eigenvalue weighted by atomic mass is 9.90. The van der Waals surface area contributed by atoms with E-state index in [2.05, 4.69) is 25.5 Å². The second-order valence-corrected chi connectivity index (χ2v) is 8.71. The highest BCUT2D eigenvalue weighted by atomic mass is 32.1. The molecular weight excluding hydrogens is 346 g/mol. The Kier molecular flexibility index (Phi) is 4.79. The molecule has 2 fully saturated rings. The van der Waals surface area contributed by atoms with Crippen LogP contribution in [0.3, 0.4) is 0 Å². The van der Waals surface area contributed by atoms with Crippen LogP contribution < -0.4 is 10.6 Å². The highest BCUT2D eigenvalue weighted by Crippen LogP contribution is 2.36. The zero-order chi connectivity index (χ0) is 17.3. The summed E-state index contributed by atoms with van der Waals surface area (Å²) in [5.74, 6) is 1.05. The van der Waals surface area contributed by atoms with E-state index in [0.717, 1.165) is 62.5 Å². The Morgan fingerprint density at radius 1 is 1.15 bits per heavy atom. The third-order valence-corrected chi connectivity index (χ3v) is 7.30. The van der Waals surface area contributed by atoms with Crippen molar-refractivity contribution in [2.45, 2.75) is 50.7 Å². The van der Waals surface area contributed by atoms with Crippen molar-refractivity contribution in [3.63, 3.8) is 0 Å². The van der Waals surface area contributed by atoms with Gasteiger partial charge in [0.05, 0.1) is 18.6 Å². The normalized spacial score (nSPS) is 27.4. The Labute approximate surface area is 158 Å². The van der Waals surface area contributed by atoms with E-state index in [0.29, 0.717) is 6.04 Å². The van der Waals surface area contributed by atoms with E-state index in [1.165, 1.54) is 41.5 Å². The third-order valence-electron chi connectivity index (χ3n) is 6.10. The molecule has 2 aromatic heterocycles. The Bertz CT molecular complexity index is 765. The van der Waals surface area contributed by atoms with Gasteiger partial charge in [-0.25, -0.2) is 9.97 Å². The molecule has 2 aliphatic heterocycles. The number of ether oxygens (including phenoxy) is 1. The Hall–Kier alpha value is -1.28. The van der Waals surface area contributed by atoms with E-state index in [-0.39, 0.29) is 0 Å². The summed E-state index contributed by atoms with van der Waals surface area (Å²) in [6.45, 7) is 6.01. The lowest BCUT2D eigenvalue weighted by molar-refractivity contribution is 0.00791. The zero-order valence-electron chi connectivity index (χ0n) is 15.2. The van der Waals surface area contributed by atoms with Crippen molar-refractivity contribution >= 4 is 27.4 Å². The molecule has 0 spiro atoms. The number of nitrogens with one attached hydrogen (secondary N) is 2. The molecule has 6 nitrogen and oxygen atoms in total. The molecule has 2 N–H and O–H groups in total. The fourth-order valence-corrected chi connectivity index (χ4v) is 5.83. The Morgan fingerprint density at radius 2 is 2.00 bits per heavy atom. The first kappa shape index (κ1) is 16.9.